The van der Waals surface area contributed by atoms with Crippen molar-refractivity contribution in [3.8, 4) is 5.75 Å². The van der Waals surface area contributed by atoms with Gasteiger partial charge in [-0.15, -0.1) is 0 Å². The van der Waals surface area contributed by atoms with E-state index in [2.05, 4.69) is 77.9 Å². The lowest BCUT2D eigenvalue weighted by Gasteiger charge is -2.25. The maximum Gasteiger partial charge on any atom is 0.115 e. The summed E-state index contributed by atoms with van der Waals surface area (Å²) in [5, 5.41) is 13.8. The van der Waals surface area contributed by atoms with Gasteiger partial charge in [-0.2, -0.15) is 0 Å². The van der Waals surface area contributed by atoms with Gasteiger partial charge >= 0.3 is 0 Å². The highest BCUT2D eigenvalue weighted by Crippen LogP contribution is 2.37. The van der Waals surface area contributed by atoms with Gasteiger partial charge in [0.25, 0.3) is 0 Å². The number of phenols is 1. The summed E-state index contributed by atoms with van der Waals surface area (Å²) in [7, 11) is -0.668. The molecule has 26 heavy (non-hydrogen) atoms. The third kappa shape index (κ3) is 3.29. The highest BCUT2D eigenvalue weighted by molar-refractivity contribution is 7.80. The summed E-state index contributed by atoms with van der Waals surface area (Å²) in [5.41, 5.74) is 8.17. The number of hydrogen-bond acceptors (Lipinski definition) is 1. The highest BCUT2D eigenvalue weighted by atomic mass is 31.1. The molecule has 0 unspecified atom stereocenters. The second-order valence-corrected chi connectivity index (χ2v) is 9.31. The van der Waals surface area contributed by atoms with E-state index in [-0.39, 0.29) is 0 Å². The largest absolute Gasteiger partial charge is 0.508 e. The molecule has 0 saturated heterocycles. The predicted molar refractivity (Wildman–Crippen MR) is 115 cm³/mol. The molecule has 3 aromatic carbocycles. The molecule has 134 valence electrons. The first kappa shape index (κ1) is 18.7. The first-order chi connectivity index (χ1) is 12.3. The van der Waals surface area contributed by atoms with Crippen LogP contribution >= 0.6 is 7.92 Å². The molecule has 1 N–H and O–H groups in total. The zero-order valence-electron chi connectivity index (χ0n) is 16.5. The number of rotatable bonds is 3. The standard InChI is InChI=1S/C24H27OP/c1-15-7-13-23(19(5)17(15)3)26(22-11-9-21(25)10-12-22)24-14-8-16(2)18(4)20(24)6/h7-14,25H,1-6H3. The summed E-state index contributed by atoms with van der Waals surface area (Å²) in [5.74, 6) is 0.317. The zero-order chi connectivity index (χ0) is 19.0. The van der Waals surface area contributed by atoms with Crippen LogP contribution in [0.5, 0.6) is 5.75 Å². The quantitative estimate of drug-likeness (QED) is 0.650. The van der Waals surface area contributed by atoms with Crippen molar-refractivity contribution in [2.24, 2.45) is 0 Å². The lowest BCUT2D eigenvalue weighted by Crippen LogP contribution is -2.25. The van der Waals surface area contributed by atoms with Crippen molar-refractivity contribution in [3.05, 3.63) is 81.9 Å². The second-order valence-electron chi connectivity index (χ2n) is 7.15. The van der Waals surface area contributed by atoms with Crippen LogP contribution in [-0.4, -0.2) is 5.11 Å². The predicted octanol–water partition coefficient (Wildman–Crippen LogP) is 5.00. The molecule has 0 amide bonds. The van der Waals surface area contributed by atoms with E-state index in [4.69, 9.17) is 0 Å². The molecular formula is C24H27OP. The Labute approximate surface area is 158 Å². The average Bonchev–Trinajstić information content (AvgIpc) is 2.63. The molecule has 0 aliphatic rings. The molecule has 0 bridgehead atoms. The maximum atomic E-state index is 9.76. The van der Waals surface area contributed by atoms with Crippen LogP contribution in [0.1, 0.15) is 33.4 Å². The van der Waals surface area contributed by atoms with Crippen LogP contribution in [-0.2, 0) is 0 Å². The van der Waals surface area contributed by atoms with Crippen molar-refractivity contribution >= 4 is 23.8 Å². The number of aryl methyl sites for hydroxylation is 2. The van der Waals surface area contributed by atoms with E-state index in [1.807, 2.05) is 0 Å². The molecule has 0 aliphatic carbocycles. The Bertz CT molecular complexity index is 897. The summed E-state index contributed by atoms with van der Waals surface area (Å²) < 4.78 is 0. The van der Waals surface area contributed by atoms with E-state index in [0.29, 0.717) is 5.75 Å². The Kier molecular flexibility index (Phi) is 5.21. The highest BCUT2D eigenvalue weighted by Gasteiger charge is 2.22. The fraction of sp³-hybridized carbons (Fsp3) is 0.250. The van der Waals surface area contributed by atoms with Crippen molar-refractivity contribution in [1.82, 2.24) is 0 Å². The van der Waals surface area contributed by atoms with Gasteiger partial charge in [-0.1, -0.05) is 36.4 Å². The minimum atomic E-state index is -0.668. The Morgan fingerprint density at radius 2 is 0.962 bits per heavy atom. The normalized spacial score (nSPS) is 11.2. The van der Waals surface area contributed by atoms with Crippen LogP contribution in [0, 0.1) is 41.5 Å². The van der Waals surface area contributed by atoms with Gasteiger partial charge in [-0.25, -0.2) is 0 Å². The Balaban J connectivity index is 2.30. The minimum Gasteiger partial charge on any atom is -0.508 e. The zero-order valence-corrected chi connectivity index (χ0v) is 17.4. The molecule has 0 aromatic heterocycles. The smallest absolute Gasteiger partial charge is 0.115 e. The number of benzene rings is 3. The summed E-state index contributed by atoms with van der Waals surface area (Å²) in [6, 6.07) is 16.8. The second kappa shape index (κ2) is 7.25. The van der Waals surface area contributed by atoms with Gasteiger partial charge in [0.2, 0.25) is 0 Å². The number of aromatic hydroxyl groups is 1. The van der Waals surface area contributed by atoms with Crippen molar-refractivity contribution < 1.29 is 5.11 Å². The molecule has 0 radical (unpaired) electrons. The Hall–Kier alpha value is -2.11. The van der Waals surface area contributed by atoms with E-state index in [0.717, 1.165) is 0 Å². The molecule has 0 spiro atoms. The van der Waals surface area contributed by atoms with Crippen LogP contribution in [0.15, 0.2) is 48.5 Å². The Morgan fingerprint density at radius 1 is 0.538 bits per heavy atom. The van der Waals surface area contributed by atoms with Gasteiger partial charge in [0, 0.05) is 0 Å². The third-order valence-electron chi connectivity index (χ3n) is 5.65. The summed E-state index contributed by atoms with van der Waals surface area (Å²) >= 11 is 0. The molecule has 0 aliphatic heterocycles. The SMILES string of the molecule is Cc1ccc(P(c2ccc(O)cc2)c2ccc(C)c(C)c2C)c(C)c1C. The molecule has 0 saturated carbocycles. The van der Waals surface area contributed by atoms with Crippen molar-refractivity contribution in [2.75, 3.05) is 0 Å². The van der Waals surface area contributed by atoms with Crippen molar-refractivity contribution in [1.29, 1.82) is 0 Å². The number of hydrogen-bond donors (Lipinski definition) is 1. The molecule has 0 fully saturated rings. The van der Waals surface area contributed by atoms with Crippen LogP contribution in [0.3, 0.4) is 0 Å². The van der Waals surface area contributed by atoms with Crippen LogP contribution in [0.2, 0.25) is 0 Å². The fourth-order valence-corrected chi connectivity index (χ4v) is 6.09. The lowest BCUT2D eigenvalue weighted by atomic mass is 10.0. The third-order valence-corrected chi connectivity index (χ3v) is 8.40. The van der Waals surface area contributed by atoms with Gasteiger partial charge in [0.1, 0.15) is 5.75 Å². The van der Waals surface area contributed by atoms with E-state index < -0.39 is 7.92 Å². The van der Waals surface area contributed by atoms with E-state index in [1.54, 1.807) is 12.1 Å². The topological polar surface area (TPSA) is 20.2 Å². The van der Waals surface area contributed by atoms with E-state index in [1.165, 1.54) is 49.3 Å². The molecule has 3 aromatic rings. The molecule has 0 atom stereocenters. The first-order valence-corrected chi connectivity index (χ1v) is 10.4. The van der Waals surface area contributed by atoms with E-state index >= 15 is 0 Å². The van der Waals surface area contributed by atoms with Crippen LogP contribution in [0.25, 0.3) is 0 Å². The van der Waals surface area contributed by atoms with Crippen LogP contribution in [0.4, 0.5) is 0 Å². The molecule has 2 heteroatoms. The minimum absolute atomic E-state index is 0.317. The summed E-state index contributed by atoms with van der Waals surface area (Å²) in [4.78, 5) is 0. The lowest BCUT2D eigenvalue weighted by molar-refractivity contribution is 0.475. The maximum absolute atomic E-state index is 9.76. The molecule has 3 rings (SSSR count). The molecule has 0 heterocycles. The van der Waals surface area contributed by atoms with Gasteiger partial charge in [0.05, 0.1) is 0 Å². The van der Waals surface area contributed by atoms with Gasteiger partial charge in [-0.3, -0.25) is 0 Å². The molecule has 1 nitrogen and oxygen atoms in total. The Morgan fingerprint density at radius 3 is 1.38 bits per heavy atom. The first-order valence-electron chi connectivity index (χ1n) is 9.04. The summed E-state index contributed by atoms with van der Waals surface area (Å²) in [6.07, 6.45) is 0. The number of phenolic OH excluding ortho intramolecular Hbond substituents is 1. The van der Waals surface area contributed by atoms with Gasteiger partial charge in [0.15, 0.2) is 0 Å². The molecular weight excluding hydrogens is 335 g/mol. The van der Waals surface area contributed by atoms with Crippen molar-refractivity contribution in [2.45, 2.75) is 41.5 Å². The fourth-order valence-electron chi connectivity index (χ4n) is 3.38. The average molecular weight is 362 g/mol. The summed E-state index contributed by atoms with van der Waals surface area (Å²) in [6.45, 7) is 13.3. The van der Waals surface area contributed by atoms with Crippen LogP contribution < -0.4 is 15.9 Å². The van der Waals surface area contributed by atoms with E-state index in [9.17, 15) is 5.11 Å². The van der Waals surface area contributed by atoms with Gasteiger partial charge < -0.3 is 5.11 Å². The monoisotopic (exact) mass is 362 g/mol. The van der Waals surface area contributed by atoms with Crippen molar-refractivity contribution in [3.63, 3.8) is 0 Å². The van der Waals surface area contributed by atoms with Gasteiger partial charge in [-0.05, 0) is 111 Å².